The summed E-state index contributed by atoms with van der Waals surface area (Å²) in [5, 5.41) is 12.5. The number of aromatic nitrogens is 4. The third-order valence-electron chi connectivity index (χ3n) is 5.04. The Balaban J connectivity index is 1.88. The lowest BCUT2D eigenvalue weighted by Crippen LogP contribution is -2.48. The summed E-state index contributed by atoms with van der Waals surface area (Å²) >= 11 is 0. The fourth-order valence-electron chi connectivity index (χ4n) is 3.52. The molecule has 0 amide bonds. The lowest BCUT2D eigenvalue weighted by molar-refractivity contribution is 0.107. The molecule has 1 fully saturated rings. The van der Waals surface area contributed by atoms with Crippen molar-refractivity contribution in [1.82, 2.24) is 30.0 Å². The third kappa shape index (κ3) is 4.82. The van der Waals surface area contributed by atoms with E-state index < -0.39 is 0 Å². The second-order valence-corrected chi connectivity index (χ2v) is 6.63. The van der Waals surface area contributed by atoms with Crippen molar-refractivity contribution in [2.45, 2.75) is 26.4 Å². The molecule has 0 N–H and O–H groups in total. The molecular formula is C19H30N6O2. The fraction of sp³-hybridized carbons (Fsp3) is 0.632. The van der Waals surface area contributed by atoms with Crippen LogP contribution in [0.15, 0.2) is 24.3 Å². The van der Waals surface area contributed by atoms with Gasteiger partial charge in [0.2, 0.25) is 0 Å². The summed E-state index contributed by atoms with van der Waals surface area (Å²) in [6.45, 7) is 11.3. The molecule has 1 atom stereocenters. The lowest BCUT2D eigenvalue weighted by atomic mass is 10.0. The van der Waals surface area contributed by atoms with Gasteiger partial charge in [0.05, 0.1) is 25.8 Å². The first-order valence-corrected chi connectivity index (χ1v) is 9.71. The molecule has 3 rings (SSSR count). The number of ether oxygens (including phenoxy) is 2. The number of piperazine rings is 1. The van der Waals surface area contributed by atoms with Crippen molar-refractivity contribution in [1.29, 1.82) is 0 Å². The average Bonchev–Trinajstić information content (AvgIpc) is 3.17. The van der Waals surface area contributed by atoms with E-state index in [2.05, 4.69) is 44.4 Å². The van der Waals surface area contributed by atoms with Crippen LogP contribution in [-0.4, -0.2) is 83.1 Å². The van der Waals surface area contributed by atoms with Crippen molar-refractivity contribution in [3.63, 3.8) is 0 Å². The number of benzene rings is 1. The highest BCUT2D eigenvalue weighted by Gasteiger charge is 2.30. The fourth-order valence-corrected chi connectivity index (χ4v) is 3.52. The van der Waals surface area contributed by atoms with E-state index in [1.807, 2.05) is 23.7 Å². The standard InChI is InChI=1S/C19H30N6O2/c1-4-23-10-12-24(13-11-23)18(16-6-8-17(9-7-16)27-5-2)19-20-21-22-25(19)14-15-26-3/h6-9,18H,4-5,10-15H2,1-3H3. The van der Waals surface area contributed by atoms with Gasteiger partial charge in [0.15, 0.2) is 5.82 Å². The minimum Gasteiger partial charge on any atom is -0.494 e. The Bertz CT molecular complexity index is 682. The molecule has 0 radical (unpaired) electrons. The van der Waals surface area contributed by atoms with Crippen LogP contribution in [0.4, 0.5) is 0 Å². The maximum absolute atomic E-state index is 5.60. The van der Waals surface area contributed by atoms with Gasteiger partial charge in [-0.1, -0.05) is 19.1 Å². The van der Waals surface area contributed by atoms with Gasteiger partial charge in [0.25, 0.3) is 0 Å². The van der Waals surface area contributed by atoms with Crippen molar-refractivity contribution in [3.8, 4) is 5.75 Å². The molecule has 8 heteroatoms. The summed E-state index contributed by atoms with van der Waals surface area (Å²) in [4.78, 5) is 4.94. The normalized spacial score (nSPS) is 17.1. The second-order valence-electron chi connectivity index (χ2n) is 6.63. The van der Waals surface area contributed by atoms with E-state index in [4.69, 9.17) is 9.47 Å². The van der Waals surface area contributed by atoms with Crippen molar-refractivity contribution in [2.24, 2.45) is 0 Å². The van der Waals surface area contributed by atoms with Gasteiger partial charge in [-0.3, -0.25) is 4.90 Å². The van der Waals surface area contributed by atoms with E-state index in [0.717, 1.165) is 44.3 Å². The number of nitrogens with zero attached hydrogens (tertiary/aromatic N) is 6. The molecule has 1 saturated heterocycles. The summed E-state index contributed by atoms with van der Waals surface area (Å²) in [7, 11) is 1.69. The van der Waals surface area contributed by atoms with Crippen LogP contribution in [0.1, 0.15) is 31.3 Å². The molecule has 2 heterocycles. The van der Waals surface area contributed by atoms with Gasteiger partial charge in [0, 0.05) is 33.3 Å². The molecule has 1 unspecified atom stereocenters. The molecule has 0 spiro atoms. The first kappa shape index (κ1) is 19.7. The van der Waals surface area contributed by atoms with Gasteiger partial charge in [-0.15, -0.1) is 5.10 Å². The maximum Gasteiger partial charge on any atom is 0.173 e. The van der Waals surface area contributed by atoms with Crippen LogP contribution in [0.25, 0.3) is 0 Å². The molecule has 0 saturated carbocycles. The Hall–Kier alpha value is -2.03. The van der Waals surface area contributed by atoms with E-state index in [1.54, 1.807) is 7.11 Å². The predicted octanol–water partition coefficient (Wildman–Crippen LogP) is 1.45. The second kappa shape index (κ2) is 9.77. The lowest BCUT2D eigenvalue weighted by Gasteiger charge is -2.38. The van der Waals surface area contributed by atoms with E-state index >= 15 is 0 Å². The highest BCUT2D eigenvalue weighted by atomic mass is 16.5. The highest BCUT2D eigenvalue weighted by molar-refractivity contribution is 5.32. The smallest absolute Gasteiger partial charge is 0.173 e. The van der Waals surface area contributed by atoms with Crippen molar-refractivity contribution < 1.29 is 9.47 Å². The SMILES string of the molecule is CCOc1ccc(C(c2nnnn2CCOC)N2CCN(CC)CC2)cc1. The average molecular weight is 374 g/mol. The third-order valence-corrected chi connectivity index (χ3v) is 5.04. The zero-order valence-electron chi connectivity index (χ0n) is 16.5. The molecule has 1 aliphatic rings. The molecule has 0 bridgehead atoms. The topological polar surface area (TPSA) is 68.5 Å². The van der Waals surface area contributed by atoms with Gasteiger partial charge >= 0.3 is 0 Å². The van der Waals surface area contributed by atoms with E-state index in [0.29, 0.717) is 19.8 Å². The van der Waals surface area contributed by atoms with Gasteiger partial charge in [0.1, 0.15) is 5.75 Å². The minimum absolute atomic E-state index is 0.0199. The van der Waals surface area contributed by atoms with Gasteiger partial charge in [-0.25, -0.2) is 4.68 Å². The largest absolute Gasteiger partial charge is 0.494 e. The number of tetrazole rings is 1. The molecule has 0 aliphatic carbocycles. The molecule has 148 valence electrons. The minimum atomic E-state index is 0.0199. The van der Waals surface area contributed by atoms with Gasteiger partial charge in [-0.2, -0.15) is 0 Å². The Labute approximate surface area is 161 Å². The molecule has 27 heavy (non-hydrogen) atoms. The molecule has 1 aliphatic heterocycles. The number of hydrogen-bond acceptors (Lipinski definition) is 7. The number of hydrogen-bond donors (Lipinski definition) is 0. The predicted molar refractivity (Wildman–Crippen MR) is 103 cm³/mol. The van der Waals surface area contributed by atoms with Crippen LogP contribution in [0.5, 0.6) is 5.75 Å². The number of methoxy groups -OCH3 is 1. The van der Waals surface area contributed by atoms with E-state index in [-0.39, 0.29) is 6.04 Å². The van der Waals surface area contributed by atoms with Crippen LogP contribution in [0, 0.1) is 0 Å². The number of likely N-dealkylation sites (N-methyl/N-ethyl adjacent to an activating group) is 1. The van der Waals surface area contributed by atoms with Crippen molar-refractivity contribution in [2.75, 3.05) is 53.0 Å². The van der Waals surface area contributed by atoms with Crippen LogP contribution in [0.3, 0.4) is 0 Å². The first-order chi connectivity index (χ1) is 13.3. The molecule has 1 aromatic heterocycles. The Morgan fingerprint density at radius 3 is 2.44 bits per heavy atom. The van der Waals surface area contributed by atoms with E-state index in [1.165, 1.54) is 5.56 Å². The summed E-state index contributed by atoms with van der Waals surface area (Å²) in [6, 6.07) is 8.31. The first-order valence-electron chi connectivity index (χ1n) is 9.71. The maximum atomic E-state index is 5.60. The molecule has 2 aromatic rings. The van der Waals surface area contributed by atoms with Crippen LogP contribution in [0.2, 0.25) is 0 Å². The summed E-state index contributed by atoms with van der Waals surface area (Å²) in [5.41, 5.74) is 1.18. The van der Waals surface area contributed by atoms with Crippen molar-refractivity contribution >= 4 is 0 Å². The summed E-state index contributed by atoms with van der Waals surface area (Å²) < 4.78 is 12.7. The Morgan fingerprint density at radius 2 is 1.81 bits per heavy atom. The molecule has 1 aromatic carbocycles. The quantitative estimate of drug-likeness (QED) is 0.658. The highest BCUT2D eigenvalue weighted by Crippen LogP contribution is 2.29. The zero-order chi connectivity index (χ0) is 19.1. The zero-order valence-corrected chi connectivity index (χ0v) is 16.5. The monoisotopic (exact) mass is 374 g/mol. The van der Waals surface area contributed by atoms with Gasteiger partial charge in [-0.05, 0) is 41.6 Å². The van der Waals surface area contributed by atoms with Crippen molar-refractivity contribution in [3.05, 3.63) is 35.7 Å². The van der Waals surface area contributed by atoms with Gasteiger partial charge < -0.3 is 14.4 Å². The van der Waals surface area contributed by atoms with Crippen LogP contribution in [-0.2, 0) is 11.3 Å². The van der Waals surface area contributed by atoms with E-state index in [9.17, 15) is 0 Å². The molecular weight excluding hydrogens is 344 g/mol. The number of rotatable bonds is 9. The summed E-state index contributed by atoms with van der Waals surface area (Å²) in [5.74, 6) is 1.75. The molecule has 8 nitrogen and oxygen atoms in total. The summed E-state index contributed by atoms with van der Waals surface area (Å²) in [6.07, 6.45) is 0. The Morgan fingerprint density at radius 1 is 1.07 bits per heavy atom. The Kier molecular flexibility index (Phi) is 7.14. The van der Waals surface area contributed by atoms with Crippen LogP contribution < -0.4 is 4.74 Å². The van der Waals surface area contributed by atoms with Crippen LogP contribution >= 0.6 is 0 Å².